The van der Waals surface area contributed by atoms with Crippen molar-refractivity contribution in [1.82, 2.24) is 24.8 Å². The molecule has 2 fully saturated rings. The highest BCUT2D eigenvalue weighted by molar-refractivity contribution is 6.31. The second-order valence-corrected chi connectivity index (χ2v) is 11.6. The molecule has 0 unspecified atom stereocenters. The molecule has 11 heteroatoms. The molecule has 1 aliphatic carbocycles. The topological polar surface area (TPSA) is 80.6 Å². The Morgan fingerprint density at radius 1 is 1.18 bits per heavy atom. The molecule has 39 heavy (non-hydrogen) atoms. The summed E-state index contributed by atoms with van der Waals surface area (Å²) in [4.78, 5) is 30.3. The molecule has 3 atom stereocenters. The monoisotopic (exact) mass is 563 g/mol. The van der Waals surface area contributed by atoms with Crippen LogP contribution in [-0.4, -0.2) is 56.2 Å². The number of aromatic nitrogens is 3. The predicted molar refractivity (Wildman–Crippen MR) is 142 cm³/mol. The van der Waals surface area contributed by atoms with Crippen molar-refractivity contribution in [3.63, 3.8) is 0 Å². The van der Waals surface area contributed by atoms with E-state index in [2.05, 4.69) is 17.2 Å². The lowest BCUT2D eigenvalue weighted by Crippen LogP contribution is -2.48. The third kappa shape index (κ3) is 5.36. The van der Waals surface area contributed by atoms with Gasteiger partial charge < -0.3 is 14.5 Å². The summed E-state index contributed by atoms with van der Waals surface area (Å²) in [7, 11) is 0. The molecule has 0 radical (unpaired) electrons. The smallest absolute Gasteiger partial charge is 0.282 e. The zero-order chi connectivity index (χ0) is 27.8. The SMILES string of the molecule is CC(C)n1nnc(COc2ccc(Cl)c3c2[C@@H](CN2CCCC2=O)N(C(=O)[C@@H]2CCC[C@@H]2C)CC3)c1C(F)F. The number of alkyl halides is 2. The minimum atomic E-state index is -2.75. The van der Waals surface area contributed by atoms with Gasteiger partial charge in [0.1, 0.15) is 23.7 Å². The van der Waals surface area contributed by atoms with Gasteiger partial charge in [-0.1, -0.05) is 30.2 Å². The summed E-state index contributed by atoms with van der Waals surface area (Å²) in [5, 5.41) is 8.47. The third-order valence-corrected chi connectivity index (χ3v) is 8.82. The van der Waals surface area contributed by atoms with Crippen molar-refractivity contribution in [2.45, 2.75) is 84.4 Å². The fraction of sp³-hybridized carbons (Fsp3) is 0.643. The molecular formula is C28H36ClF2N5O3. The van der Waals surface area contributed by atoms with Crippen molar-refractivity contribution in [3.05, 3.63) is 39.7 Å². The Morgan fingerprint density at radius 3 is 2.62 bits per heavy atom. The third-order valence-electron chi connectivity index (χ3n) is 8.46. The largest absolute Gasteiger partial charge is 0.487 e. The number of likely N-dealkylation sites (tertiary alicyclic amines) is 1. The summed E-state index contributed by atoms with van der Waals surface area (Å²) >= 11 is 6.66. The van der Waals surface area contributed by atoms with E-state index in [0.29, 0.717) is 49.2 Å². The van der Waals surface area contributed by atoms with Crippen LogP contribution in [0.3, 0.4) is 0 Å². The summed E-state index contributed by atoms with van der Waals surface area (Å²) < 4.78 is 35.2. The first kappa shape index (κ1) is 27.8. The maximum atomic E-state index is 13.9. The molecule has 1 saturated carbocycles. The Hall–Kier alpha value is -2.75. The van der Waals surface area contributed by atoms with E-state index in [1.807, 2.05) is 9.80 Å². The maximum absolute atomic E-state index is 13.9. The number of nitrogens with zero attached hydrogens (tertiary/aromatic N) is 5. The van der Waals surface area contributed by atoms with E-state index in [1.54, 1.807) is 26.0 Å². The Balaban J connectivity index is 1.51. The molecule has 212 valence electrons. The molecule has 1 saturated heterocycles. The molecular weight excluding hydrogens is 528 g/mol. The lowest BCUT2D eigenvalue weighted by atomic mass is 9.88. The van der Waals surface area contributed by atoms with Crippen molar-refractivity contribution in [3.8, 4) is 5.75 Å². The predicted octanol–water partition coefficient (Wildman–Crippen LogP) is 5.51. The number of hydrogen-bond donors (Lipinski definition) is 0. The van der Waals surface area contributed by atoms with Gasteiger partial charge in [0, 0.05) is 48.6 Å². The first-order chi connectivity index (χ1) is 18.7. The van der Waals surface area contributed by atoms with Crippen molar-refractivity contribution < 1.29 is 23.1 Å². The Kier molecular flexibility index (Phi) is 8.12. The fourth-order valence-corrected chi connectivity index (χ4v) is 6.64. The summed E-state index contributed by atoms with van der Waals surface area (Å²) in [5.74, 6) is 0.890. The standard InChI is InChI=1S/C28H36ClF2N5O3/c1-16(2)36-26(27(30)31)21(32-33-36)15-39-23-10-9-20(29)19-11-13-35(28(38)18-7-4-6-17(18)3)22(25(19)23)14-34-12-5-8-24(34)37/h9-10,16-18,22,27H,4-8,11-15H2,1-3H3/t17-,18+,22+/m0/s1. The highest BCUT2D eigenvalue weighted by Gasteiger charge is 2.41. The van der Waals surface area contributed by atoms with E-state index in [1.165, 1.54) is 4.68 Å². The van der Waals surface area contributed by atoms with Crippen LogP contribution in [0.2, 0.25) is 5.02 Å². The van der Waals surface area contributed by atoms with Gasteiger partial charge in [0.25, 0.3) is 6.43 Å². The van der Waals surface area contributed by atoms with Gasteiger partial charge >= 0.3 is 0 Å². The van der Waals surface area contributed by atoms with Gasteiger partial charge in [-0.05, 0) is 63.1 Å². The zero-order valence-corrected chi connectivity index (χ0v) is 23.5. The summed E-state index contributed by atoms with van der Waals surface area (Å²) in [5.41, 5.74) is 1.42. The van der Waals surface area contributed by atoms with E-state index >= 15 is 0 Å². The normalized spacial score (nSPS) is 23.3. The quantitative estimate of drug-likeness (QED) is 0.423. The molecule has 2 amide bonds. The second-order valence-electron chi connectivity index (χ2n) is 11.2. The van der Waals surface area contributed by atoms with Crippen LogP contribution in [0.5, 0.6) is 5.75 Å². The van der Waals surface area contributed by atoms with E-state index in [0.717, 1.165) is 36.8 Å². The minimum Gasteiger partial charge on any atom is -0.487 e. The Morgan fingerprint density at radius 2 is 1.97 bits per heavy atom. The van der Waals surface area contributed by atoms with Gasteiger partial charge in [0.15, 0.2) is 0 Å². The van der Waals surface area contributed by atoms with Crippen LogP contribution >= 0.6 is 11.6 Å². The van der Waals surface area contributed by atoms with E-state index in [4.69, 9.17) is 16.3 Å². The lowest BCUT2D eigenvalue weighted by Gasteiger charge is -2.41. The number of carbonyl (C=O) groups excluding carboxylic acids is 2. The summed E-state index contributed by atoms with van der Waals surface area (Å²) in [6.45, 7) is 6.94. The summed E-state index contributed by atoms with van der Waals surface area (Å²) in [6.07, 6.45) is 1.99. The number of halogens is 3. The van der Waals surface area contributed by atoms with Gasteiger partial charge in [0.2, 0.25) is 11.8 Å². The number of fused-ring (bicyclic) bond motifs is 1. The van der Waals surface area contributed by atoms with Gasteiger partial charge in [-0.25, -0.2) is 13.5 Å². The lowest BCUT2D eigenvalue weighted by molar-refractivity contribution is -0.141. The molecule has 2 aromatic rings. The van der Waals surface area contributed by atoms with Crippen LogP contribution in [-0.2, 0) is 22.6 Å². The Labute approximate surface area is 232 Å². The van der Waals surface area contributed by atoms with E-state index in [-0.39, 0.29) is 41.8 Å². The molecule has 2 aliphatic heterocycles. The maximum Gasteiger partial charge on any atom is 0.282 e. The fourth-order valence-electron chi connectivity index (χ4n) is 6.38. The van der Waals surface area contributed by atoms with Crippen LogP contribution in [0.4, 0.5) is 8.78 Å². The number of rotatable bonds is 8. The number of amides is 2. The van der Waals surface area contributed by atoms with Crippen LogP contribution in [0.1, 0.15) is 93.9 Å². The number of hydrogen-bond acceptors (Lipinski definition) is 5. The first-order valence-electron chi connectivity index (χ1n) is 13.9. The molecule has 1 aromatic carbocycles. The van der Waals surface area contributed by atoms with Crippen molar-refractivity contribution >= 4 is 23.4 Å². The average molecular weight is 564 g/mol. The van der Waals surface area contributed by atoms with Crippen molar-refractivity contribution in [2.75, 3.05) is 19.6 Å². The molecule has 1 aromatic heterocycles. The molecule has 0 spiro atoms. The van der Waals surface area contributed by atoms with Crippen molar-refractivity contribution in [2.24, 2.45) is 11.8 Å². The van der Waals surface area contributed by atoms with Crippen LogP contribution in [0.15, 0.2) is 12.1 Å². The number of carbonyl (C=O) groups is 2. The second kappa shape index (κ2) is 11.4. The van der Waals surface area contributed by atoms with Crippen LogP contribution < -0.4 is 4.74 Å². The molecule has 0 N–H and O–H groups in total. The van der Waals surface area contributed by atoms with Gasteiger partial charge in [-0.3, -0.25) is 9.59 Å². The number of ether oxygens (including phenoxy) is 1. The summed E-state index contributed by atoms with van der Waals surface area (Å²) in [6, 6.07) is 2.74. The first-order valence-corrected chi connectivity index (χ1v) is 14.3. The molecule has 3 aliphatic rings. The van der Waals surface area contributed by atoms with Crippen LogP contribution in [0.25, 0.3) is 0 Å². The average Bonchev–Trinajstić information content (AvgIpc) is 3.63. The molecule has 8 nitrogen and oxygen atoms in total. The van der Waals surface area contributed by atoms with E-state index in [9.17, 15) is 18.4 Å². The van der Waals surface area contributed by atoms with Gasteiger partial charge in [0.05, 0.1) is 6.04 Å². The van der Waals surface area contributed by atoms with Gasteiger partial charge in [-0.15, -0.1) is 5.10 Å². The highest BCUT2D eigenvalue weighted by atomic mass is 35.5. The molecule has 3 heterocycles. The highest BCUT2D eigenvalue weighted by Crippen LogP contribution is 2.43. The van der Waals surface area contributed by atoms with Gasteiger partial charge in [-0.2, -0.15) is 0 Å². The van der Waals surface area contributed by atoms with Crippen molar-refractivity contribution in [1.29, 1.82) is 0 Å². The van der Waals surface area contributed by atoms with E-state index < -0.39 is 12.5 Å². The molecule has 0 bridgehead atoms. The Bertz CT molecular complexity index is 1240. The molecule has 5 rings (SSSR count). The van der Waals surface area contributed by atoms with Crippen LogP contribution in [0, 0.1) is 11.8 Å². The number of benzene rings is 1. The zero-order valence-electron chi connectivity index (χ0n) is 22.7. The minimum absolute atomic E-state index is 0.0495.